The van der Waals surface area contributed by atoms with Crippen molar-refractivity contribution in [3.8, 4) is 5.75 Å². The summed E-state index contributed by atoms with van der Waals surface area (Å²) in [5.41, 5.74) is 6.98. The molecule has 1 aromatic carbocycles. The predicted octanol–water partition coefficient (Wildman–Crippen LogP) is 3.60. The van der Waals surface area contributed by atoms with Gasteiger partial charge in [0.15, 0.2) is 0 Å². The highest BCUT2D eigenvalue weighted by Crippen LogP contribution is 2.38. The van der Waals surface area contributed by atoms with Crippen LogP contribution in [0.5, 0.6) is 5.75 Å². The average molecular weight is 342 g/mol. The van der Waals surface area contributed by atoms with Crippen molar-refractivity contribution in [2.75, 3.05) is 18.0 Å². The Morgan fingerprint density at radius 3 is 2.59 bits per heavy atom. The first kappa shape index (κ1) is 15.5. The number of halogens is 2. The number of nitrogens with two attached hydrogens (primary N) is 1. The van der Waals surface area contributed by atoms with Gasteiger partial charge in [0.1, 0.15) is 12.0 Å². The lowest BCUT2D eigenvalue weighted by Gasteiger charge is -2.34. The van der Waals surface area contributed by atoms with Gasteiger partial charge in [0, 0.05) is 30.8 Å². The molecule has 7 heteroatoms. The zero-order valence-corrected chi connectivity index (χ0v) is 13.4. The van der Waals surface area contributed by atoms with Crippen molar-refractivity contribution in [2.45, 2.75) is 18.9 Å². The topological polar surface area (TPSA) is 75.5 Å². The van der Waals surface area contributed by atoms with Crippen LogP contribution in [-0.2, 0) is 0 Å². The Kier molecular flexibility index (Phi) is 4.47. The lowest BCUT2D eigenvalue weighted by Crippen LogP contribution is -2.37. The summed E-state index contributed by atoms with van der Waals surface area (Å²) in [5.74, 6) is 0.353. The van der Waals surface area contributed by atoms with Gasteiger partial charge in [0.05, 0.1) is 16.2 Å². The van der Waals surface area contributed by atoms with Gasteiger partial charge in [-0.25, -0.2) is 4.98 Å². The van der Waals surface area contributed by atoms with Gasteiger partial charge in [-0.2, -0.15) is 0 Å². The Morgan fingerprint density at radius 1 is 1.27 bits per heavy atom. The van der Waals surface area contributed by atoms with E-state index >= 15 is 0 Å². The molecule has 1 saturated heterocycles. The molecule has 1 aliphatic rings. The van der Waals surface area contributed by atoms with Crippen LogP contribution in [0, 0.1) is 5.92 Å². The Hall–Kier alpha value is -1.43. The molecule has 0 spiro atoms. The minimum Gasteiger partial charge on any atom is -0.508 e. The van der Waals surface area contributed by atoms with Crippen molar-refractivity contribution in [1.82, 2.24) is 4.98 Å². The number of piperidine rings is 1. The molecular formula is C15H17Cl2N3O2. The maximum absolute atomic E-state index is 10.1. The summed E-state index contributed by atoms with van der Waals surface area (Å²) < 4.78 is 5.31. The number of benzene rings is 1. The zero-order chi connectivity index (χ0) is 15.7. The Bertz CT molecular complexity index is 640. The lowest BCUT2D eigenvalue weighted by molar-refractivity contribution is 0.328. The zero-order valence-electron chi connectivity index (χ0n) is 11.9. The maximum Gasteiger partial charge on any atom is 0.297 e. The summed E-state index contributed by atoms with van der Waals surface area (Å²) >= 11 is 11.9. The third-order valence-electron chi connectivity index (χ3n) is 4.17. The monoisotopic (exact) mass is 341 g/mol. The lowest BCUT2D eigenvalue weighted by atomic mass is 9.85. The third-order valence-corrected chi connectivity index (χ3v) is 4.89. The van der Waals surface area contributed by atoms with E-state index in [1.165, 1.54) is 6.07 Å². The molecule has 1 atom stereocenters. The molecule has 2 heterocycles. The molecule has 1 aromatic heterocycles. The molecule has 3 rings (SSSR count). The highest BCUT2D eigenvalue weighted by Gasteiger charge is 2.28. The van der Waals surface area contributed by atoms with Gasteiger partial charge in [-0.1, -0.05) is 23.2 Å². The van der Waals surface area contributed by atoms with E-state index in [9.17, 15) is 5.11 Å². The number of anilines is 1. The minimum absolute atomic E-state index is 0.0945. The van der Waals surface area contributed by atoms with Crippen molar-refractivity contribution in [1.29, 1.82) is 0 Å². The Morgan fingerprint density at radius 2 is 1.95 bits per heavy atom. The molecule has 1 aliphatic heterocycles. The minimum atomic E-state index is -0.276. The standard InChI is InChI=1S/C15H17Cl2N3O2/c16-11-7-10(13(21)8-12(11)17)14(18)9-1-4-20(5-2-9)15-19-3-6-22-15/h3,6-9,14,21H,1-2,4-5,18H2. The highest BCUT2D eigenvalue weighted by atomic mass is 35.5. The second-order valence-corrected chi connectivity index (χ2v) is 6.30. The van der Waals surface area contributed by atoms with Gasteiger partial charge in [-0.15, -0.1) is 0 Å². The summed E-state index contributed by atoms with van der Waals surface area (Å²) in [6, 6.07) is 3.47. The normalized spacial score (nSPS) is 17.7. The van der Waals surface area contributed by atoms with Crippen LogP contribution in [0.25, 0.3) is 0 Å². The highest BCUT2D eigenvalue weighted by molar-refractivity contribution is 6.42. The van der Waals surface area contributed by atoms with Crippen LogP contribution >= 0.6 is 23.2 Å². The molecule has 1 fully saturated rings. The van der Waals surface area contributed by atoms with Gasteiger partial charge >= 0.3 is 0 Å². The number of hydrogen-bond donors (Lipinski definition) is 2. The van der Waals surface area contributed by atoms with E-state index < -0.39 is 0 Å². The molecule has 3 N–H and O–H groups in total. The van der Waals surface area contributed by atoms with Gasteiger partial charge < -0.3 is 20.2 Å². The number of nitrogens with zero attached hydrogens (tertiary/aromatic N) is 2. The fraction of sp³-hybridized carbons (Fsp3) is 0.400. The summed E-state index contributed by atoms with van der Waals surface area (Å²) in [4.78, 5) is 6.25. The maximum atomic E-state index is 10.1. The molecule has 118 valence electrons. The summed E-state index contributed by atoms with van der Waals surface area (Å²) in [5, 5.41) is 10.8. The Balaban J connectivity index is 1.69. The van der Waals surface area contributed by atoms with Crippen LogP contribution in [0.1, 0.15) is 24.4 Å². The van der Waals surface area contributed by atoms with Crippen molar-refractivity contribution < 1.29 is 9.52 Å². The van der Waals surface area contributed by atoms with Crippen molar-refractivity contribution >= 4 is 29.2 Å². The van der Waals surface area contributed by atoms with E-state index in [1.807, 2.05) is 0 Å². The first-order chi connectivity index (χ1) is 10.6. The number of oxazole rings is 1. The van der Waals surface area contributed by atoms with Crippen LogP contribution in [0.15, 0.2) is 29.0 Å². The first-order valence-corrected chi connectivity index (χ1v) is 7.90. The molecule has 2 aromatic rings. The molecule has 0 saturated carbocycles. The van der Waals surface area contributed by atoms with Crippen LogP contribution in [0.4, 0.5) is 6.01 Å². The molecule has 5 nitrogen and oxygen atoms in total. The molecule has 0 amide bonds. The SMILES string of the molecule is NC(c1cc(Cl)c(Cl)cc1O)C1CCN(c2ncco2)CC1. The summed E-state index contributed by atoms with van der Waals surface area (Å²) in [6.45, 7) is 1.64. The van der Waals surface area contributed by atoms with E-state index in [1.54, 1.807) is 18.5 Å². The second-order valence-electron chi connectivity index (χ2n) is 5.49. The molecular weight excluding hydrogens is 325 g/mol. The summed E-state index contributed by atoms with van der Waals surface area (Å²) in [7, 11) is 0. The van der Waals surface area contributed by atoms with E-state index in [2.05, 4.69) is 9.88 Å². The fourth-order valence-electron chi connectivity index (χ4n) is 2.89. The van der Waals surface area contributed by atoms with Crippen molar-refractivity contribution in [3.63, 3.8) is 0 Å². The van der Waals surface area contributed by atoms with E-state index in [0.29, 0.717) is 21.6 Å². The predicted molar refractivity (Wildman–Crippen MR) is 86.5 cm³/mol. The second kappa shape index (κ2) is 6.36. The number of hydrogen-bond acceptors (Lipinski definition) is 5. The number of rotatable bonds is 3. The van der Waals surface area contributed by atoms with Crippen LogP contribution in [0.2, 0.25) is 10.0 Å². The van der Waals surface area contributed by atoms with Crippen LogP contribution in [0.3, 0.4) is 0 Å². The number of aromatic hydroxyl groups is 1. The smallest absolute Gasteiger partial charge is 0.297 e. The van der Waals surface area contributed by atoms with Crippen molar-refractivity contribution in [3.05, 3.63) is 40.2 Å². The fourth-order valence-corrected chi connectivity index (χ4v) is 3.22. The van der Waals surface area contributed by atoms with Gasteiger partial charge in [-0.3, -0.25) is 0 Å². The average Bonchev–Trinajstić information content (AvgIpc) is 3.05. The summed E-state index contributed by atoms with van der Waals surface area (Å²) in [6.07, 6.45) is 4.99. The molecule has 0 bridgehead atoms. The molecule has 1 unspecified atom stereocenters. The number of phenols is 1. The quantitative estimate of drug-likeness (QED) is 0.891. The third kappa shape index (κ3) is 3.02. The number of phenolic OH excluding ortho intramolecular Hbond substituents is 1. The van der Waals surface area contributed by atoms with E-state index in [0.717, 1.165) is 25.9 Å². The van der Waals surface area contributed by atoms with Gasteiger partial charge in [0.2, 0.25) is 0 Å². The molecule has 0 aliphatic carbocycles. The number of aromatic nitrogens is 1. The van der Waals surface area contributed by atoms with Gasteiger partial charge in [0.25, 0.3) is 6.01 Å². The molecule has 0 radical (unpaired) electrons. The molecule has 22 heavy (non-hydrogen) atoms. The van der Waals surface area contributed by atoms with E-state index in [4.69, 9.17) is 33.4 Å². The first-order valence-electron chi connectivity index (χ1n) is 7.14. The van der Waals surface area contributed by atoms with Gasteiger partial charge in [-0.05, 0) is 24.8 Å². The van der Waals surface area contributed by atoms with Crippen molar-refractivity contribution in [2.24, 2.45) is 11.7 Å². The largest absolute Gasteiger partial charge is 0.508 e. The van der Waals surface area contributed by atoms with E-state index in [-0.39, 0.29) is 17.7 Å². The Labute approximate surface area is 138 Å². The van der Waals surface area contributed by atoms with Crippen LogP contribution < -0.4 is 10.6 Å². The van der Waals surface area contributed by atoms with Crippen LogP contribution in [-0.4, -0.2) is 23.2 Å².